The predicted molar refractivity (Wildman–Crippen MR) is 40.1 cm³/mol. The number of ether oxygens (including phenoxy) is 1. The van der Waals surface area contributed by atoms with Gasteiger partial charge in [0.15, 0.2) is 0 Å². The van der Waals surface area contributed by atoms with E-state index in [2.05, 4.69) is 6.58 Å². The molecular weight excluding hydrogens is 185 g/mol. The lowest BCUT2D eigenvalue weighted by Gasteiger charge is -2.20. The van der Waals surface area contributed by atoms with Crippen molar-refractivity contribution in [1.29, 1.82) is 0 Å². The smallest absolute Gasteiger partial charge is 0.388 e. The molecule has 2 atom stereocenters. The van der Waals surface area contributed by atoms with Gasteiger partial charge in [0.2, 0.25) is 0 Å². The molecule has 2 nitrogen and oxygen atoms in total. The topological polar surface area (TPSA) is 29.5 Å². The van der Waals surface area contributed by atoms with Crippen molar-refractivity contribution in [1.82, 2.24) is 0 Å². The van der Waals surface area contributed by atoms with Crippen LogP contribution < -0.4 is 0 Å². The third kappa shape index (κ3) is 2.45. The van der Waals surface area contributed by atoms with Crippen LogP contribution in [-0.4, -0.2) is 30.6 Å². The Hall–Kier alpha value is -0.550. The van der Waals surface area contributed by atoms with E-state index in [0.29, 0.717) is 13.0 Å². The largest absolute Gasteiger partial charge is 0.414 e. The van der Waals surface area contributed by atoms with Crippen LogP contribution in [0.25, 0.3) is 0 Å². The number of hydrogen-bond donors (Lipinski definition) is 1. The van der Waals surface area contributed by atoms with E-state index < -0.39 is 23.8 Å². The van der Waals surface area contributed by atoms with Crippen LogP contribution in [-0.2, 0) is 4.74 Å². The average molecular weight is 196 g/mol. The Labute approximate surface area is 74.0 Å². The zero-order chi connectivity index (χ0) is 10.1. The van der Waals surface area contributed by atoms with Gasteiger partial charge in [-0.15, -0.1) is 0 Å². The van der Waals surface area contributed by atoms with Gasteiger partial charge in [-0.1, -0.05) is 6.58 Å². The summed E-state index contributed by atoms with van der Waals surface area (Å²) >= 11 is 0. The maximum atomic E-state index is 12.1. The molecule has 1 aliphatic rings. The van der Waals surface area contributed by atoms with Crippen molar-refractivity contribution >= 4 is 0 Å². The zero-order valence-corrected chi connectivity index (χ0v) is 6.97. The fourth-order valence-corrected chi connectivity index (χ4v) is 1.25. The van der Waals surface area contributed by atoms with Crippen LogP contribution in [0.3, 0.4) is 0 Å². The van der Waals surface area contributed by atoms with Gasteiger partial charge < -0.3 is 9.84 Å². The second-order valence-corrected chi connectivity index (χ2v) is 3.09. The molecule has 1 N–H and O–H groups in total. The number of aliphatic hydroxyl groups excluding tert-OH is 1. The first-order valence-electron chi connectivity index (χ1n) is 3.94. The van der Waals surface area contributed by atoms with E-state index in [4.69, 9.17) is 4.74 Å². The Morgan fingerprint density at radius 2 is 2.15 bits per heavy atom. The maximum absolute atomic E-state index is 12.1. The summed E-state index contributed by atoms with van der Waals surface area (Å²) < 4.78 is 41.0. The number of hydrogen-bond acceptors (Lipinski definition) is 2. The molecule has 0 aromatic carbocycles. The fourth-order valence-electron chi connectivity index (χ4n) is 1.25. The molecule has 5 heteroatoms. The Morgan fingerprint density at radius 1 is 1.54 bits per heavy atom. The van der Waals surface area contributed by atoms with Gasteiger partial charge in [0.1, 0.15) is 0 Å². The zero-order valence-electron chi connectivity index (χ0n) is 6.97. The van der Waals surface area contributed by atoms with Gasteiger partial charge in [-0.3, -0.25) is 0 Å². The van der Waals surface area contributed by atoms with Gasteiger partial charge in [-0.05, 0) is 6.42 Å². The predicted octanol–water partition coefficient (Wildman–Crippen LogP) is 1.50. The summed E-state index contributed by atoms with van der Waals surface area (Å²) in [7, 11) is 0. The highest BCUT2D eigenvalue weighted by molar-refractivity contribution is 5.10. The van der Waals surface area contributed by atoms with Gasteiger partial charge in [0.05, 0.1) is 18.3 Å². The lowest BCUT2D eigenvalue weighted by atomic mass is 9.96. The fraction of sp³-hybridized carbons (Fsp3) is 0.750. The van der Waals surface area contributed by atoms with E-state index in [9.17, 15) is 18.3 Å². The highest BCUT2D eigenvalue weighted by Gasteiger charge is 2.40. The molecule has 1 saturated heterocycles. The molecule has 0 radical (unpaired) electrons. The van der Waals surface area contributed by atoms with Crippen LogP contribution in [0, 0.1) is 5.92 Å². The summed E-state index contributed by atoms with van der Waals surface area (Å²) in [6.07, 6.45) is -5.58. The number of halogens is 3. The summed E-state index contributed by atoms with van der Waals surface area (Å²) in [6.45, 7) is 3.43. The Balaban J connectivity index is 2.56. The Morgan fingerprint density at radius 3 is 2.54 bits per heavy atom. The van der Waals surface area contributed by atoms with Crippen molar-refractivity contribution < 1.29 is 23.0 Å². The number of alkyl halides is 3. The third-order valence-corrected chi connectivity index (χ3v) is 2.13. The molecule has 0 bridgehead atoms. The van der Waals surface area contributed by atoms with E-state index >= 15 is 0 Å². The molecule has 2 unspecified atom stereocenters. The van der Waals surface area contributed by atoms with Gasteiger partial charge >= 0.3 is 6.18 Å². The first-order chi connectivity index (χ1) is 5.93. The average Bonchev–Trinajstić information content (AvgIpc) is 2.51. The third-order valence-electron chi connectivity index (χ3n) is 2.13. The first-order valence-corrected chi connectivity index (χ1v) is 3.94. The second kappa shape index (κ2) is 3.67. The van der Waals surface area contributed by atoms with E-state index in [1.54, 1.807) is 0 Å². The van der Waals surface area contributed by atoms with Crippen LogP contribution in [0.2, 0.25) is 0 Å². The summed E-state index contributed by atoms with van der Waals surface area (Å²) in [5.74, 6) is -0.464. The standard InChI is InChI=1S/C8H11F3O2/c1-5(8(9,10)11)7(12)6-2-3-13-4-6/h6-7,12H,1-4H2. The molecular formula is C8H11F3O2. The molecule has 1 heterocycles. The first kappa shape index (κ1) is 10.5. The molecule has 0 amide bonds. The summed E-state index contributed by atoms with van der Waals surface area (Å²) in [5, 5.41) is 9.25. The van der Waals surface area contributed by atoms with Crippen molar-refractivity contribution in [2.45, 2.75) is 18.7 Å². The molecule has 1 fully saturated rings. The SMILES string of the molecule is C=C(C(O)C1CCOC1)C(F)(F)F. The van der Waals surface area contributed by atoms with Gasteiger partial charge in [-0.2, -0.15) is 13.2 Å². The molecule has 1 rings (SSSR count). The summed E-state index contributed by atoms with van der Waals surface area (Å²) in [5.41, 5.74) is -1.08. The minimum absolute atomic E-state index is 0.177. The molecule has 0 spiro atoms. The Bertz CT molecular complexity index is 194. The lowest BCUT2D eigenvalue weighted by Crippen LogP contribution is -2.30. The van der Waals surface area contributed by atoms with Crippen molar-refractivity contribution in [3.63, 3.8) is 0 Å². The second-order valence-electron chi connectivity index (χ2n) is 3.09. The van der Waals surface area contributed by atoms with E-state index in [0.717, 1.165) is 0 Å². The molecule has 13 heavy (non-hydrogen) atoms. The molecule has 0 saturated carbocycles. The number of aliphatic hydroxyl groups is 1. The van der Waals surface area contributed by atoms with E-state index in [-0.39, 0.29) is 6.61 Å². The molecule has 1 aliphatic heterocycles. The Kier molecular flexibility index (Phi) is 2.98. The summed E-state index contributed by atoms with van der Waals surface area (Å²) in [4.78, 5) is 0. The summed E-state index contributed by atoms with van der Waals surface area (Å²) in [6, 6.07) is 0. The quantitative estimate of drug-likeness (QED) is 0.678. The van der Waals surface area contributed by atoms with Gasteiger partial charge in [0, 0.05) is 12.5 Å². The van der Waals surface area contributed by atoms with Crippen molar-refractivity contribution in [2.75, 3.05) is 13.2 Å². The minimum Gasteiger partial charge on any atom is -0.388 e. The highest BCUT2D eigenvalue weighted by Crippen LogP contribution is 2.31. The van der Waals surface area contributed by atoms with Crippen LogP contribution in [0.15, 0.2) is 12.2 Å². The minimum atomic E-state index is -4.51. The monoisotopic (exact) mass is 196 g/mol. The molecule has 0 aliphatic carbocycles. The van der Waals surface area contributed by atoms with Gasteiger partial charge in [0.25, 0.3) is 0 Å². The molecule has 76 valence electrons. The number of rotatable bonds is 2. The van der Waals surface area contributed by atoms with Crippen LogP contribution in [0.4, 0.5) is 13.2 Å². The van der Waals surface area contributed by atoms with Crippen molar-refractivity contribution in [2.24, 2.45) is 5.92 Å². The van der Waals surface area contributed by atoms with Crippen LogP contribution in [0.1, 0.15) is 6.42 Å². The maximum Gasteiger partial charge on any atom is 0.414 e. The lowest BCUT2D eigenvalue weighted by molar-refractivity contribution is -0.109. The molecule has 0 aromatic heterocycles. The van der Waals surface area contributed by atoms with Crippen LogP contribution in [0.5, 0.6) is 0 Å². The highest BCUT2D eigenvalue weighted by atomic mass is 19.4. The van der Waals surface area contributed by atoms with E-state index in [1.807, 2.05) is 0 Å². The van der Waals surface area contributed by atoms with Crippen molar-refractivity contribution in [3.8, 4) is 0 Å². The molecule has 0 aromatic rings. The normalized spacial score (nSPS) is 26.0. The van der Waals surface area contributed by atoms with Crippen molar-refractivity contribution in [3.05, 3.63) is 12.2 Å². The van der Waals surface area contributed by atoms with Crippen LogP contribution >= 0.6 is 0 Å². The van der Waals surface area contributed by atoms with E-state index in [1.165, 1.54) is 0 Å². The van der Waals surface area contributed by atoms with Gasteiger partial charge in [-0.25, -0.2) is 0 Å².